The van der Waals surface area contributed by atoms with E-state index < -0.39 is 5.97 Å². The number of rotatable bonds is 8. The van der Waals surface area contributed by atoms with Gasteiger partial charge in [0.1, 0.15) is 5.78 Å². The summed E-state index contributed by atoms with van der Waals surface area (Å²) in [6, 6.07) is 20.6. The van der Waals surface area contributed by atoms with E-state index in [0.29, 0.717) is 10.5 Å². The monoisotopic (exact) mass is 421 g/mol. The van der Waals surface area contributed by atoms with Crippen molar-refractivity contribution in [1.29, 1.82) is 0 Å². The highest BCUT2D eigenvalue weighted by atomic mass is 32.2. The number of ether oxygens (including phenoxy) is 1. The molecule has 3 aromatic rings. The molecular weight excluding hydrogens is 398 g/mol. The third-order valence-electron chi connectivity index (χ3n) is 4.54. The molecule has 0 radical (unpaired) electrons. The largest absolute Gasteiger partial charge is 0.452 e. The Balaban J connectivity index is 1.61. The Morgan fingerprint density at radius 3 is 2.47 bits per heavy atom. The zero-order valence-electron chi connectivity index (χ0n) is 16.9. The summed E-state index contributed by atoms with van der Waals surface area (Å²) in [7, 11) is 0. The lowest BCUT2D eigenvalue weighted by Crippen LogP contribution is -2.31. The van der Waals surface area contributed by atoms with Gasteiger partial charge in [0.25, 0.3) is 5.91 Å². The number of hydrogen-bond donors (Lipinski definition) is 1. The molecule has 6 heteroatoms. The number of amides is 1. The number of Topliss-reactive ketones (excluding diaryl/α,β-unsaturated/α-hetero) is 1. The Kier molecular flexibility index (Phi) is 7.25. The second-order valence-corrected chi connectivity index (χ2v) is 7.94. The van der Waals surface area contributed by atoms with Crippen LogP contribution in [0.15, 0.2) is 71.6 Å². The van der Waals surface area contributed by atoms with Crippen molar-refractivity contribution in [3.05, 3.63) is 77.9 Å². The van der Waals surface area contributed by atoms with Crippen LogP contribution in [-0.2, 0) is 14.3 Å². The highest BCUT2D eigenvalue weighted by Gasteiger charge is 2.17. The maximum absolute atomic E-state index is 12.4. The molecule has 0 fully saturated rings. The second-order valence-electron chi connectivity index (χ2n) is 6.92. The molecule has 0 aliphatic carbocycles. The SMILES string of the molecule is CC(=O)CSc1ccccc1C(=O)OCC(=O)N[C@@H](C)c1cccc2ccccc12. The van der Waals surface area contributed by atoms with E-state index in [9.17, 15) is 14.4 Å². The van der Waals surface area contributed by atoms with Crippen molar-refractivity contribution >= 4 is 40.2 Å². The van der Waals surface area contributed by atoms with Gasteiger partial charge >= 0.3 is 5.97 Å². The maximum Gasteiger partial charge on any atom is 0.339 e. The third-order valence-corrected chi connectivity index (χ3v) is 5.76. The first kappa shape index (κ1) is 21.6. The first-order chi connectivity index (χ1) is 14.5. The van der Waals surface area contributed by atoms with Crippen LogP contribution in [0.1, 0.15) is 35.8 Å². The van der Waals surface area contributed by atoms with Crippen LogP contribution in [0, 0.1) is 0 Å². The van der Waals surface area contributed by atoms with E-state index in [1.165, 1.54) is 18.7 Å². The quantitative estimate of drug-likeness (QED) is 0.427. The molecule has 1 atom stereocenters. The van der Waals surface area contributed by atoms with Crippen molar-refractivity contribution < 1.29 is 19.1 Å². The molecule has 3 aromatic carbocycles. The summed E-state index contributed by atoms with van der Waals surface area (Å²) in [5.41, 5.74) is 1.34. The topological polar surface area (TPSA) is 72.5 Å². The van der Waals surface area contributed by atoms with E-state index in [1.807, 2.05) is 49.4 Å². The Morgan fingerprint density at radius 1 is 0.967 bits per heavy atom. The molecule has 0 spiro atoms. The normalized spacial score (nSPS) is 11.7. The number of benzene rings is 3. The van der Waals surface area contributed by atoms with Crippen molar-refractivity contribution in [3.8, 4) is 0 Å². The van der Waals surface area contributed by atoms with E-state index in [-0.39, 0.29) is 30.1 Å². The van der Waals surface area contributed by atoms with Crippen LogP contribution in [0.3, 0.4) is 0 Å². The number of carbonyl (C=O) groups excluding carboxylic acids is 3. The lowest BCUT2D eigenvalue weighted by molar-refractivity contribution is -0.124. The molecule has 1 N–H and O–H groups in total. The number of fused-ring (bicyclic) bond motifs is 1. The molecule has 0 aliphatic rings. The minimum atomic E-state index is -0.588. The summed E-state index contributed by atoms with van der Waals surface area (Å²) in [6.45, 7) is 3.02. The van der Waals surface area contributed by atoms with Gasteiger partial charge in [0.15, 0.2) is 6.61 Å². The van der Waals surface area contributed by atoms with E-state index in [1.54, 1.807) is 24.3 Å². The van der Waals surface area contributed by atoms with Crippen molar-refractivity contribution in [1.82, 2.24) is 5.32 Å². The molecule has 0 aromatic heterocycles. The molecular formula is C24H23NO4S. The lowest BCUT2D eigenvalue weighted by Gasteiger charge is -2.17. The highest BCUT2D eigenvalue weighted by molar-refractivity contribution is 8.00. The first-order valence-corrected chi connectivity index (χ1v) is 10.6. The zero-order chi connectivity index (χ0) is 21.5. The van der Waals surface area contributed by atoms with Crippen LogP contribution in [-0.4, -0.2) is 30.0 Å². The van der Waals surface area contributed by atoms with Crippen LogP contribution < -0.4 is 5.32 Å². The van der Waals surface area contributed by atoms with E-state index in [0.717, 1.165) is 16.3 Å². The summed E-state index contributed by atoms with van der Waals surface area (Å²) in [5, 5.41) is 5.05. The second kappa shape index (κ2) is 10.1. The summed E-state index contributed by atoms with van der Waals surface area (Å²) in [4.78, 5) is 36.7. The van der Waals surface area contributed by atoms with E-state index in [2.05, 4.69) is 5.32 Å². The molecule has 5 nitrogen and oxygen atoms in total. The van der Waals surface area contributed by atoms with Crippen LogP contribution in [0.5, 0.6) is 0 Å². The van der Waals surface area contributed by atoms with E-state index in [4.69, 9.17) is 4.74 Å². The van der Waals surface area contributed by atoms with Gasteiger partial charge in [0, 0.05) is 4.90 Å². The number of ketones is 1. The molecule has 0 aliphatic heterocycles. The Labute approximate surface area is 179 Å². The fourth-order valence-electron chi connectivity index (χ4n) is 3.14. The molecule has 0 saturated heterocycles. The number of nitrogens with one attached hydrogen (secondary N) is 1. The van der Waals surface area contributed by atoms with Crippen molar-refractivity contribution in [2.24, 2.45) is 0 Å². The average Bonchev–Trinajstić information content (AvgIpc) is 2.75. The minimum absolute atomic E-state index is 0.0185. The molecule has 0 unspecified atom stereocenters. The van der Waals surface area contributed by atoms with Gasteiger partial charge in [0.05, 0.1) is 17.4 Å². The predicted molar refractivity (Wildman–Crippen MR) is 119 cm³/mol. The Hall–Kier alpha value is -3.12. The van der Waals surface area contributed by atoms with Gasteiger partial charge in [-0.1, -0.05) is 54.6 Å². The van der Waals surface area contributed by atoms with Crippen molar-refractivity contribution in [2.45, 2.75) is 24.8 Å². The zero-order valence-corrected chi connectivity index (χ0v) is 17.7. The molecule has 154 valence electrons. The molecule has 0 bridgehead atoms. The summed E-state index contributed by atoms with van der Waals surface area (Å²) in [5.74, 6) is -0.676. The standard InChI is InChI=1S/C24H23NO4S/c1-16(26)15-30-22-13-6-5-11-21(22)24(28)29-14-23(27)25-17(2)19-12-7-9-18-8-3-4-10-20(18)19/h3-13,17H,14-15H2,1-2H3,(H,25,27)/t17-/m0/s1. The Morgan fingerprint density at radius 2 is 1.67 bits per heavy atom. The molecule has 0 saturated carbocycles. The van der Waals surface area contributed by atoms with E-state index >= 15 is 0 Å². The van der Waals surface area contributed by atoms with Crippen molar-refractivity contribution in [3.63, 3.8) is 0 Å². The summed E-state index contributed by atoms with van der Waals surface area (Å²) in [6.07, 6.45) is 0. The van der Waals surface area contributed by atoms with Gasteiger partial charge in [-0.3, -0.25) is 9.59 Å². The fourth-order valence-corrected chi connectivity index (χ4v) is 3.98. The number of esters is 1. The van der Waals surface area contributed by atoms with Crippen LogP contribution >= 0.6 is 11.8 Å². The molecule has 1 amide bonds. The molecule has 30 heavy (non-hydrogen) atoms. The van der Waals surface area contributed by atoms with Gasteiger partial charge in [-0.05, 0) is 42.3 Å². The van der Waals surface area contributed by atoms with Gasteiger partial charge in [0.2, 0.25) is 0 Å². The van der Waals surface area contributed by atoms with Gasteiger partial charge in [-0.15, -0.1) is 11.8 Å². The summed E-state index contributed by atoms with van der Waals surface area (Å²) < 4.78 is 5.21. The Bertz CT molecular complexity index is 1070. The fraction of sp³-hybridized carbons (Fsp3) is 0.208. The summed E-state index contributed by atoms with van der Waals surface area (Å²) >= 11 is 1.28. The van der Waals surface area contributed by atoms with Gasteiger partial charge in [-0.2, -0.15) is 0 Å². The smallest absolute Gasteiger partial charge is 0.339 e. The number of hydrogen-bond acceptors (Lipinski definition) is 5. The first-order valence-electron chi connectivity index (χ1n) is 9.61. The lowest BCUT2D eigenvalue weighted by atomic mass is 10.00. The third kappa shape index (κ3) is 5.48. The van der Waals surface area contributed by atoms with Gasteiger partial charge in [-0.25, -0.2) is 4.79 Å². The average molecular weight is 422 g/mol. The maximum atomic E-state index is 12.4. The van der Waals surface area contributed by atoms with Crippen LogP contribution in [0.25, 0.3) is 10.8 Å². The van der Waals surface area contributed by atoms with Crippen molar-refractivity contribution in [2.75, 3.05) is 12.4 Å². The van der Waals surface area contributed by atoms with Gasteiger partial charge < -0.3 is 10.1 Å². The molecule has 0 heterocycles. The molecule has 3 rings (SSSR count). The minimum Gasteiger partial charge on any atom is -0.452 e. The number of thioether (sulfide) groups is 1. The van der Waals surface area contributed by atoms with Crippen LogP contribution in [0.2, 0.25) is 0 Å². The highest BCUT2D eigenvalue weighted by Crippen LogP contribution is 2.25. The number of carbonyl (C=O) groups is 3. The van der Waals surface area contributed by atoms with Crippen LogP contribution in [0.4, 0.5) is 0 Å². The predicted octanol–water partition coefficient (Wildman–Crippen LogP) is 4.56.